The quantitative estimate of drug-likeness (QED) is 0.943. The summed E-state index contributed by atoms with van der Waals surface area (Å²) in [4.78, 5) is 0.171. The highest BCUT2D eigenvalue weighted by Gasteiger charge is 2.13. The molecule has 19 heavy (non-hydrogen) atoms. The zero-order chi connectivity index (χ0) is 13.9. The largest absolute Gasteiger partial charge is 0.240 e. The second-order valence-corrected chi connectivity index (χ2v) is 6.06. The molecule has 0 spiro atoms. The van der Waals surface area contributed by atoms with Crippen LogP contribution in [0.15, 0.2) is 53.4 Å². The van der Waals surface area contributed by atoms with Crippen LogP contribution in [0.3, 0.4) is 0 Å². The van der Waals surface area contributed by atoms with Gasteiger partial charge in [0.25, 0.3) is 0 Å². The molecule has 1 N–H and O–H groups in total. The number of sulfonamides is 1. The van der Waals surface area contributed by atoms with Crippen molar-refractivity contribution in [3.8, 4) is 0 Å². The average Bonchev–Trinajstić information content (AvgIpc) is 2.41. The van der Waals surface area contributed by atoms with E-state index < -0.39 is 15.8 Å². The Morgan fingerprint density at radius 1 is 1.11 bits per heavy atom. The van der Waals surface area contributed by atoms with Gasteiger partial charge in [-0.1, -0.05) is 35.9 Å². The molecule has 0 bridgehead atoms. The van der Waals surface area contributed by atoms with Crippen molar-refractivity contribution in [3.63, 3.8) is 0 Å². The van der Waals surface area contributed by atoms with Crippen molar-refractivity contribution in [1.82, 2.24) is 4.72 Å². The van der Waals surface area contributed by atoms with E-state index in [4.69, 9.17) is 11.6 Å². The van der Waals surface area contributed by atoms with Crippen LogP contribution >= 0.6 is 11.6 Å². The summed E-state index contributed by atoms with van der Waals surface area (Å²) in [6.07, 6.45) is 0. The fraction of sp³-hybridized carbons (Fsp3) is 0.0769. The molecule has 0 radical (unpaired) electrons. The van der Waals surface area contributed by atoms with Gasteiger partial charge in [0.1, 0.15) is 5.82 Å². The van der Waals surface area contributed by atoms with Gasteiger partial charge in [0, 0.05) is 6.54 Å². The first kappa shape index (κ1) is 14.0. The van der Waals surface area contributed by atoms with Crippen LogP contribution in [0, 0.1) is 5.82 Å². The molecule has 2 aromatic carbocycles. The second-order valence-electron chi connectivity index (χ2n) is 3.89. The maximum Gasteiger partial charge on any atom is 0.240 e. The number of halogens is 2. The predicted octanol–water partition coefficient (Wildman–Crippen LogP) is 2.96. The lowest BCUT2D eigenvalue weighted by atomic mass is 10.2. The van der Waals surface area contributed by atoms with Crippen molar-refractivity contribution in [1.29, 1.82) is 0 Å². The lowest BCUT2D eigenvalue weighted by Crippen LogP contribution is -2.23. The van der Waals surface area contributed by atoms with Gasteiger partial charge in [-0.3, -0.25) is 0 Å². The Morgan fingerprint density at radius 3 is 2.42 bits per heavy atom. The van der Waals surface area contributed by atoms with Crippen LogP contribution in [0.2, 0.25) is 5.02 Å². The molecule has 6 heteroatoms. The summed E-state index contributed by atoms with van der Waals surface area (Å²) >= 11 is 5.55. The van der Waals surface area contributed by atoms with Crippen molar-refractivity contribution >= 4 is 21.6 Å². The molecule has 100 valence electrons. The van der Waals surface area contributed by atoms with E-state index >= 15 is 0 Å². The van der Waals surface area contributed by atoms with Crippen LogP contribution in [0.4, 0.5) is 4.39 Å². The Balaban J connectivity index is 2.12. The lowest BCUT2D eigenvalue weighted by molar-refractivity contribution is 0.580. The molecule has 0 unspecified atom stereocenters. The van der Waals surface area contributed by atoms with Gasteiger partial charge in [-0.25, -0.2) is 17.5 Å². The Labute approximate surface area is 116 Å². The summed E-state index contributed by atoms with van der Waals surface area (Å²) in [6.45, 7) is 0.00527. The number of benzene rings is 2. The summed E-state index contributed by atoms with van der Waals surface area (Å²) in [5.74, 6) is -0.571. The van der Waals surface area contributed by atoms with Crippen LogP contribution in [-0.4, -0.2) is 8.42 Å². The van der Waals surface area contributed by atoms with Crippen molar-refractivity contribution in [2.75, 3.05) is 0 Å². The van der Waals surface area contributed by atoms with E-state index in [1.807, 2.05) is 0 Å². The molecule has 2 rings (SSSR count). The Morgan fingerprint density at radius 2 is 1.79 bits per heavy atom. The third kappa shape index (κ3) is 3.53. The van der Waals surface area contributed by atoms with Crippen LogP contribution in [-0.2, 0) is 16.6 Å². The van der Waals surface area contributed by atoms with Crippen LogP contribution < -0.4 is 4.72 Å². The van der Waals surface area contributed by atoms with E-state index in [2.05, 4.69) is 4.72 Å². The molecule has 3 nitrogen and oxygen atoms in total. The van der Waals surface area contributed by atoms with Crippen molar-refractivity contribution in [2.24, 2.45) is 0 Å². The Bertz CT molecular complexity index is 674. The fourth-order valence-corrected chi connectivity index (χ4v) is 2.67. The second kappa shape index (κ2) is 5.69. The first-order valence-electron chi connectivity index (χ1n) is 5.48. The molecule has 0 aromatic heterocycles. The minimum atomic E-state index is -3.59. The third-order valence-electron chi connectivity index (χ3n) is 2.50. The molecule has 0 atom stereocenters. The molecule has 0 aliphatic rings. The molecule has 0 aliphatic carbocycles. The van der Waals surface area contributed by atoms with Gasteiger partial charge >= 0.3 is 0 Å². The summed E-state index contributed by atoms with van der Waals surface area (Å²) in [5.41, 5.74) is 0.501. The van der Waals surface area contributed by atoms with Gasteiger partial charge in [0.2, 0.25) is 10.0 Å². The monoisotopic (exact) mass is 299 g/mol. The van der Waals surface area contributed by atoms with E-state index in [9.17, 15) is 12.8 Å². The maximum absolute atomic E-state index is 13.2. The first-order valence-corrected chi connectivity index (χ1v) is 7.34. The molecule has 2 aromatic rings. The van der Waals surface area contributed by atoms with Crippen LogP contribution in [0.25, 0.3) is 0 Å². The average molecular weight is 300 g/mol. The molecular formula is C13H11ClFNO2S. The smallest absolute Gasteiger partial charge is 0.207 e. The van der Waals surface area contributed by atoms with Gasteiger partial charge in [-0.05, 0) is 29.8 Å². The predicted molar refractivity (Wildman–Crippen MR) is 71.9 cm³/mol. The van der Waals surface area contributed by atoms with Gasteiger partial charge in [-0.2, -0.15) is 0 Å². The van der Waals surface area contributed by atoms with Crippen LogP contribution in [0.1, 0.15) is 5.56 Å². The highest BCUT2D eigenvalue weighted by atomic mass is 35.5. The van der Waals surface area contributed by atoms with E-state index in [-0.39, 0.29) is 16.5 Å². The standard InChI is InChI=1S/C13H11ClFNO2S/c14-12-7-6-10(8-13(12)15)9-16-19(17,18)11-4-2-1-3-5-11/h1-8,16H,9H2. The number of hydrogen-bond acceptors (Lipinski definition) is 2. The third-order valence-corrected chi connectivity index (χ3v) is 4.23. The van der Waals surface area contributed by atoms with E-state index in [0.717, 1.165) is 0 Å². The minimum Gasteiger partial charge on any atom is -0.207 e. The Kier molecular flexibility index (Phi) is 4.19. The van der Waals surface area contributed by atoms with Gasteiger partial charge in [0.15, 0.2) is 0 Å². The number of hydrogen-bond donors (Lipinski definition) is 1. The van der Waals surface area contributed by atoms with Crippen molar-refractivity contribution in [2.45, 2.75) is 11.4 Å². The molecule has 0 saturated heterocycles. The van der Waals surface area contributed by atoms with Crippen LogP contribution in [0.5, 0.6) is 0 Å². The van der Waals surface area contributed by atoms with Gasteiger partial charge in [-0.15, -0.1) is 0 Å². The normalized spacial score (nSPS) is 11.5. The molecule has 0 aliphatic heterocycles. The van der Waals surface area contributed by atoms with Gasteiger partial charge < -0.3 is 0 Å². The fourth-order valence-electron chi connectivity index (χ4n) is 1.51. The highest BCUT2D eigenvalue weighted by Crippen LogP contribution is 2.16. The van der Waals surface area contributed by atoms with E-state index in [0.29, 0.717) is 5.56 Å². The Hall–Kier alpha value is -1.43. The molecule has 0 saturated carbocycles. The lowest BCUT2D eigenvalue weighted by Gasteiger charge is -2.07. The molecule has 0 amide bonds. The van der Waals surface area contributed by atoms with Gasteiger partial charge in [0.05, 0.1) is 9.92 Å². The number of nitrogens with one attached hydrogen (secondary N) is 1. The van der Waals surface area contributed by atoms with E-state index in [1.165, 1.54) is 24.3 Å². The summed E-state index contributed by atoms with van der Waals surface area (Å²) in [6, 6.07) is 12.1. The summed E-state index contributed by atoms with van der Waals surface area (Å²) in [7, 11) is -3.59. The topological polar surface area (TPSA) is 46.2 Å². The SMILES string of the molecule is O=S(=O)(NCc1ccc(Cl)c(F)c1)c1ccccc1. The molecule has 0 heterocycles. The summed E-state index contributed by atoms with van der Waals surface area (Å²) in [5, 5.41) is 0.00895. The molecule has 0 fully saturated rings. The van der Waals surface area contributed by atoms with Crippen molar-refractivity contribution < 1.29 is 12.8 Å². The first-order chi connectivity index (χ1) is 8.99. The minimum absolute atomic E-state index is 0.00527. The zero-order valence-corrected chi connectivity index (χ0v) is 11.4. The maximum atomic E-state index is 13.2. The number of rotatable bonds is 4. The highest BCUT2D eigenvalue weighted by molar-refractivity contribution is 7.89. The zero-order valence-electron chi connectivity index (χ0n) is 9.81. The van der Waals surface area contributed by atoms with Crippen molar-refractivity contribution in [3.05, 3.63) is 64.9 Å². The summed E-state index contributed by atoms with van der Waals surface area (Å²) < 4.78 is 39.5. The molecular weight excluding hydrogens is 289 g/mol. The van der Waals surface area contributed by atoms with E-state index in [1.54, 1.807) is 24.3 Å².